The second kappa shape index (κ2) is 9.58. The van der Waals surface area contributed by atoms with Crippen LogP contribution in [-0.4, -0.2) is 33.9 Å². The molecule has 0 unspecified atom stereocenters. The van der Waals surface area contributed by atoms with Crippen LogP contribution in [0.5, 0.6) is 0 Å². The summed E-state index contributed by atoms with van der Waals surface area (Å²) in [5, 5.41) is 2.75. The van der Waals surface area contributed by atoms with E-state index in [2.05, 4.69) is 97.2 Å². The topological polar surface area (TPSA) is 27.6 Å². The molecule has 0 saturated heterocycles. The minimum Gasteiger partial charge on any atom is -0.378 e. The smallest absolute Gasteiger partial charge is 0.0777 e. The van der Waals surface area contributed by atoms with Gasteiger partial charge in [-0.1, -0.05) is 54.3 Å². The summed E-state index contributed by atoms with van der Waals surface area (Å²) < 4.78 is 0. The van der Waals surface area contributed by atoms with Crippen molar-refractivity contribution in [2.45, 2.75) is 11.3 Å². The van der Waals surface area contributed by atoms with Crippen LogP contribution in [0.15, 0.2) is 75.5 Å². The van der Waals surface area contributed by atoms with Gasteiger partial charge in [0.2, 0.25) is 0 Å². The number of rotatable bonds is 3. The number of anilines is 1. The van der Waals surface area contributed by atoms with E-state index in [0.717, 1.165) is 17.8 Å². The van der Waals surface area contributed by atoms with E-state index in [1.165, 1.54) is 26.6 Å². The Morgan fingerprint density at radius 2 is 1.68 bits per heavy atom. The molecule has 0 saturated carbocycles. The van der Waals surface area contributed by atoms with Crippen LogP contribution in [0.1, 0.15) is 17.5 Å². The molecule has 0 atom stereocenters. The fraction of sp³-hybridized carbons (Fsp3) is 0.208. The molecule has 0 fully saturated rings. The van der Waals surface area contributed by atoms with Gasteiger partial charge < -0.3 is 10.2 Å². The van der Waals surface area contributed by atoms with E-state index >= 15 is 0 Å². The summed E-state index contributed by atoms with van der Waals surface area (Å²) >= 11 is 1.82. The first-order chi connectivity index (χ1) is 13.6. The predicted octanol–water partition coefficient (Wildman–Crippen LogP) is 5.78. The average molecular weight is 390 g/mol. The van der Waals surface area contributed by atoms with Crippen LogP contribution >= 0.6 is 11.8 Å². The van der Waals surface area contributed by atoms with Crippen molar-refractivity contribution >= 4 is 41.0 Å². The van der Waals surface area contributed by atoms with Gasteiger partial charge in [0.05, 0.1) is 11.4 Å². The summed E-state index contributed by atoms with van der Waals surface area (Å²) in [7, 11) is 7.86. The van der Waals surface area contributed by atoms with E-state index in [1.807, 2.05) is 25.9 Å². The number of hydrogen-bond acceptors (Lipinski definition) is 4. The van der Waals surface area contributed by atoms with E-state index in [9.17, 15) is 0 Å². The van der Waals surface area contributed by atoms with Gasteiger partial charge in [0.1, 0.15) is 0 Å². The number of hydrogen-bond donors (Lipinski definition) is 1. The Morgan fingerprint density at radius 1 is 1.00 bits per heavy atom. The SMILES string of the molecule is CN(C)c1ccc(C=Cc2ccc3c(c2)SC2=CCC=CC2=N3)cc1.CNC. The van der Waals surface area contributed by atoms with Gasteiger partial charge in [-0.15, -0.1) is 0 Å². The fourth-order valence-corrected chi connectivity index (χ4v) is 3.91. The minimum atomic E-state index is 0.999. The third-order valence-electron chi connectivity index (χ3n) is 4.29. The number of nitrogens with zero attached hydrogens (tertiary/aromatic N) is 2. The highest BCUT2D eigenvalue weighted by atomic mass is 32.2. The zero-order valence-corrected chi connectivity index (χ0v) is 17.8. The van der Waals surface area contributed by atoms with E-state index in [1.54, 1.807) is 0 Å². The van der Waals surface area contributed by atoms with Crippen molar-refractivity contribution in [1.29, 1.82) is 0 Å². The zero-order chi connectivity index (χ0) is 19.9. The molecule has 1 aliphatic carbocycles. The highest BCUT2D eigenvalue weighted by molar-refractivity contribution is 8.04. The van der Waals surface area contributed by atoms with Crippen LogP contribution in [0.3, 0.4) is 0 Å². The van der Waals surface area contributed by atoms with Crippen molar-refractivity contribution in [3.8, 4) is 0 Å². The molecule has 3 nitrogen and oxygen atoms in total. The van der Waals surface area contributed by atoms with Crippen LogP contribution in [0, 0.1) is 0 Å². The summed E-state index contributed by atoms with van der Waals surface area (Å²) in [5.41, 5.74) is 5.78. The molecule has 0 bridgehead atoms. The Morgan fingerprint density at radius 3 is 2.39 bits per heavy atom. The molecule has 144 valence electrons. The van der Waals surface area contributed by atoms with Gasteiger partial charge in [-0.3, -0.25) is 0 Å². The van der Waals surface area contributed by atoms with E-state index in [4.69, 9.17) is 4.99 Å². The molecule has 0 radical (unpaired) electrons. The Balaban J connectivity index is 0.000000706. The molecule has 1 aliphatic heterocycles. The third-order valence-corrected chi connectivity index (χ3v) is 5.43. The van der Waals surface area contributed by atoms with Crippen LogP contribution < -0.4 is 10.2 Å². The van der Waals surface area contributed by atoms with Crippen molar-refractivity contribution in [3.63, 3.8) is 0 Å². The van der Waals surface area contributed by atoms with Crippen molar-refractivity contribution in [2.24, 2.45) is 4.99 Å². The predicted molar refractivity (Wildman–Crippen MR) is 126 cm³/mol. The molecule has 4 heteroatoms. The lowest BCUT2D eigenvalue weighted by molar-refractivity contribution is 1.02. The van der Waals surface area contributed by atoms with Crippen molar-refractivity contribution < 1.29 is 0 Å². The highest BCUT2D eigenvalue weighted by Crippen LogP contribution is 2.42. The molecule has 0 amide bonds. The molecule has 1 heterocycles. The molecule has 2 aliphatic rings. The first-order valence-corrected chi connectivity index (χ1v) is 10.2. The Hall–Kier alpha value is -2.56. The minimum absolute atomic E-state index is 0.999. The fourth-order valence-electron chi connectivity index (χ4n) is 2.86. The molecule has 2 aromatic carbocycles. The molecular formula is C24H27N3S. The Bertz CT molecular complexity index is 935. The number of benzene rings is 2. The number of allylic oxidation sites excluding steroid dienone is 4. The largest absolute Gasteiger partial charge is 0.378 e. The molecular weight excluding hydrogens is 362 g/mol. The lowest BCUT2D eigenvalue weighted by Gasteiger charge is -2.18. The molecule has 28 heavy (non-hydrogen) atoms. The second-order valence-corrected chi connectivity index (χ2v) is 7.94. The normalized spacial score (nSPS) is 14.4. The van der Waals surface area contributed by atoms with Crippen LogP contribution in [0.2, 0.25) is 0 Å². The summed E-state index contributed by atoms with van der Waals surface area (Å²) in [4.78, 5) is 9.38. The van der Waals surface area contributed by atoms with Crippen LogP contribution in [-0.2, 0) is 0 Å². The van der Waals surface area contributed by atoms with Gasteiger partial charge in [-0.05, 0) is 62.0 Å². The number of fused-ring (bicyclic) bond motifs is 2. The number of nitrogens with one attached hydrogen (secondary N) is 1. The Labute approximate surface area is 172 Å². The van der Waals surface area contributed by atoms with Gasteiger partial charge in [-0.25, -0.2) is 4.99 Å². The van der Waals surface area contributed by atoms with Gasteiger partial charge in [0, 0.05) is 29.6 Å². The number of thioether (sulfide) groups is 1. The van der Waals surface area contributed by atoms with Crippen LogP contribution in [0.25, 0.3) is 12.2 Å². The van der Waals surface area contributed by atoms with Gasteiger partial charge in [0.15, 0.2) is 0 Å². The first-order valence-electron chi connectivity index (χ1n) is 9.42. The highest BCUT2D eigenvalue weighted by Gasteiger charge is 2.17. The van der Waals surface area contributed by atoms with Gasteiger partial charge in [-0.2, -0.15) is 0 Å². The standard InChI is InChI=1S/C22H20N2S.C2H7N/c1-24(2)18-12-9-16(10-13-18)7-8-17-11-14-20-22(15-17)25-21-6-4-3-5-19(21)23-20;1-3-2/h3,5-15H,4H2,1-2H3;3H,1-2H3. The molecule has 2 aromatic rings. The summed E-state index contributed by atoms with van der Waals surface area (Å²) in [6.45, 7) is 0. The van der Waals surface area contributed by atoms with Crippen molar-refractivity contribution in [1.82, 2.24) is 5.32 Å². The van der Waals surface area contributed by atoms with Crippen molar-refractivity contribution in [2.75, 3.05) is 33.1 Å². The van der Waals surface area contributed by atoms with Gasteiger partial charge in [0.25, 0.3) is 0 Å². The molecule has 0 spiro atoms. The van der Waals surface area contributed by atoms with Crippen molar-refractivity contribution in [3.05, 3.63) is 76.7 Å². The molecule has 1 N–H and O–H groups in total. The van der Waals surface area contributed by atoms with E-state index < -0.39 is 0 Å². The number of aliphatic imine (C=N–C) groups is 1. The lowest BCUT2D eigenvalue weighted by Crippen LogP contribution is -2.07. The quantitative estimate of drug-likeness (QED) is 0.674. The molecule has 4 rings (SSSR count). The maximum Gasteiger partial charge on any atom is 0.0777 e. The molecule has 0 aromatic heterocycles. The first kappa shape index (κ1) is 20.2. The van der Waals surface area contributed by atoms with E-state index in [0.29, 0.717) is 0 Å². The lowest BCUT2D eigenvalue weighted by atomic mass is 10.1. The zero-order valence-electron chi connectivity index (χ0n) is 16.9. The third kappa shape index (κ3) is 5.03. The van der Waals surface area contributed by atoms with Crippen LogP contribution in [0.4, 0.5) is 11.4 Å². The second-order valence-electron chi connectivity index (χ2n) is 6.85. The van der Waals surface area contributed by atoms with E-state index in [-0.39, 0.29) is 0 Å². The monoisotopic (exact) mass is 389 g/mol. The Kier molecular flexibility index (Phi) is 6.90. The summed E-state index contributed by atoms with van der Waals surface area (Å²) in [6, 6.07) is 15.1. The summed E-state index contributed by atoms with van der Waals surface area (Å²) in [6.07, 6.45) is 11.9. The maximum atomic E-state index is 4.76. The average Bonchev–Trinajstić information content (AvgIpc) is 2.71. The summed E-state index contributed by atoms with van der Waals surface area (Å²) in [5.74, 6) is 0. The van der Waals surface area contributed by atoms with Gasteiger partial charge >= 0.3 is 0 Å². The maximum absolute atomic E-state index is 4.76.